The molecule has 1 aliphatic carbocycles. The maximum atomic E-state index is 10.4. The number of hydrogen-bond donors (Lipinski definition) is 5. The quantitative estimate of drug-likeness (QED) is 0.362. The maximum absolute atomic E-state index is 10.4. The van der Waals surface area contributed by atoms with E-state index < -0.39 is 37.1 Å². The predicted molar refractivity (Wildman–Crippen MR) is 121 cm³/mol. The Morgan fingerprint density at radius 3 is 2.44 bits per heavy atom. The molecule has 0 unspecified atom stereocenters. The number of nitrogens with one attached hydrogen (secondary N) is 1. The topological polar surface area (TPSA) is 111 Å². The minimum Gasteiger partial charge on any atom is -0.394 e. The van der Waals surface area contributed by atoms with Gasteiger partial charge in [0.25, 0.3) is 0 Å². The number of anilines is 1. The highest BCUT2D eigenvalue weighted by atomic mass is 35.5. The Morgan fingerprint density at radius 2 is 1.75 bits per heavy atom. The summed E-state index contributed by atoms with van der Waals surface area (Å²) in [6.45, 7) is 1.00. The van der Waals surface area contributed by atoms with E-state index in [-0.39, 0.29) is 0 Å². The Balaban J connectivity index is 1.41. The fourth-order valence-corrected chi connectivity index (χ4v) is 4.08. The lowest BCUT2D eigenvalue weighted by molar-refractivity contribution is -0.231. The summed E-state index contributed by atoms with van der Waals surface area (Å²) in [6.07, 6.45) is -2.57. The molecule has 0 bridgehead atoms. The number of aliphatic hydroxyl groups excluding tert-OH is 4. The average molecular weight is 464 g/mol. The zero-order valence-corrected chi connectivity index (χ0v) is 18.5. The molecule has 174 valence electrons. The number of halogens is 1. The van der Waals surface area contributed by atoms with Gasteiger partial charge in [0.1, 0.15) is 30.5 Å². The summed E-state index contributed by atoms with van der Waals surface area (Å²) < 4.78 is 11.3. The van der Waals surface area contributed by atoms with Crippen LogP contribution in [0.5, 0.6) is 0 Å². The average Bonchev–Trinajstić information content (AvgIpc) is 3.63. The lowest BCUT2D eigenvalue weighted by Gasteiger charge is -2.40. The molecule has 0 aromatic heterocycles. The summed E-state index contributed by atoms with van der Waals surface area (Å²) in [7, 11) is 0. The van der Waals surface area contributed by atoms with Crippen LogP contribution < -0.4 is 5.32 Å². The minimum atomic E-state index is -1.42. The van der Waals surface area contributed by atoms with Gasteiger partial charge in [0.05, 0.1) is 19.3 Å². The van der Waals surface area contributed by atoms with Crippen molar-refractivity contribution in [2.24, 2.45) is 0 Å². The van der Waals surface area contributed by atoms with Crippen LogP contribution in [0.4, 0.5) is 5.69 Å². The first-order chi connectivity index (χ1) is 15.5. The molecule has 1 saturated carbocycles. The second kappa shape index (κ2) is 10.5. The van der Waals surface area contributed by atoms with Crippen molar-refractivity contribution >= 4 is 17.3 Å². The first-order valence-electron chi connectivity index (χ1n) is 11.0. The summed E-state index contributed by atoms with van der Waals surface area (Å²) >= 11 is 6.42. The molecule has 0 radical (unpaired) electrons. The van der Waals surface area contributed by atoms with Gasteiger partial charge in [-0.3, -0.25) is 0 Å². The van der Waals surface area contributed by atoms with Crippen LogP contribution in [0.2, 0.25) is 5.02 Å². The summed E-state index contributed by atoms with van der Waals surface area (Å²) in [5.41, 5.74) is 3.56. The fraction of sp³-hybridized carbons (Fsp3) is 0.500. The van der Waals surface area contributed by atoms with E-state index in [2.05, 4.69) is 5.32 Å². The van der Waals surface area contributed by atoms with Gasteiger partial charge in [-0.15, -0.1) is 0 Å². The van der Waals surface area contributed by atoms with Gasteiger partial charge < -0.3 is 35.2 Å². The minimum absolute atomic E-state index is 0.461. The largest absolute Gasteiger partial charge is 0.394 e. The van der Waals surface area contributed by atoms with Crippen molar-refractivity contribution in [2.45, 2.75) is 55.9 Å². The molecule has 1 heterocycles. The number of benzene rings is 2. The van der Waals surface area contributed by atoms with Crippen LogP contribution in [0.15, 0.2) is 42.5 Å². The van der Waals surface area contributed by atoms with Crippen LogP contribution in [0.25, 0.3) is 0 Å². The van der Waals surface area contributed by atoms with Gasteiger partial charge >= 0.3 is 0 Å². The van der Waals surface area contributed by atoms with Crippen molar-refractivity contribution in [3.8, 4) is 0 Å². The van der Waals surface area contributed by atoms with E-state index in [0.717, 1.165) is 23.4 Å². The molecule has 2 aromatic rings. The molecule has 2 aromatic carbocycles. The highest BCUT2D eigenvalue weighted by Crippen LogP contribution is 2.34. The number of rotatable bonds is 9. The van der Waals surface area contributed by atoms with Crippen molar-refractivity contribution in [2.75, 3.05) is 25.1 Å². The Hall–Kier alpha value is -1.71. The molecule has 32 heavy (non-hydrogen) atoms. The molecule has 8 heteroatoms. The lowest BCUT2D eigenvalue weighted by Crippen LogP contribution is -2.55. The second-order valence-electron chi connectivity index (χ2n) is 8.47. The maximum Gasteiger partial charge on any atom is 0.113 e. The molecule has 0 spiro atoms. The van der Waals surface area contributed by atoms with Crippen molar-refractivity contribution in [1.29, 1.82) is 0 Å². The zero-order valence-electron chi connectivity index (χ0n) is 17.7. The van der Waals surface area contributed by atoms with Crippen LogP contribution in [0.1, 0.15) is 35.6 Å². The van der Waals surface area contributed by atoms with Crippen LogP contribution in [-0.2, 0) is 15.9 Å². The van der Waals surface area contributed by atoms with Gasteiger partial charge in [-0.1, -0.05) is 35.9 Å². The van der Waals surface area contributed by atoms with E-state index in [0.29, 0.717) is 29.7 Å². The molecule has 2 fully saturated rings. The summed E-state index contributed by atoms with van der Waals surface area (Å²) in [6, 6.07) is 13.4. The second-order valence-corrected chi connectivity index (χ2v) is 8.88. The van der Waals surface area contributed by atoms with Crippen LogP contribution in [-0.4, -0.2) is 70.7 Å². The monoisotopic (exact) mass is 463 g/mol. The molecule has 5 atom stereocenters. The molecule has 4 rings (SSSR count). The van der Waals surface area contributed by atoms with Crippen LogP contribution in [0, 0.1) is 0 Å². The Bertz CT molecular complexity index is 889. The lowest BCUT2D eigenvalue weighted by atomic mass is 9.90. The van der Waals surface area contributed by atoms with E-state index >= 15 is 0 Å². The number of ether oxygens (including phenoxy) is 2. The SMILES string of the molecule is OC[C@H]1O[C@@H](c2ccc(Cl)c(Cc3ccc(NCCOC4CC4)cc3)c2)[C@H](O)[C@@H](O)[C@@H]1O. The third kappa shape index (κ3) is 5.61. The van der Waals surface area contributed by atoms with Gasteiger partial charge in [0.15, 0.2) is 0 Å². The summed E-state index contributed by atoms with van der Waals surface area (Å²) in [5.74, 6) is 0. The van der Waals surface area contributed by atoms with E-state index in [1.54, 1.807) is 12.1 Å². The van der Waals surface area contributed by atoms with Gasteiger partial charge in [0, 0.05) is 17.3 Å². The van der Waals surface area contributed by atoms with Gasteiger partial charge in [-0.25, -0.2) is 0 Å². The number of hydrogen-bond acceptors (Lipinski definition) is 7. The molecule has 0 amide bonds. The van der Waals surface area contributed by atoms with Crippen molar-refractivity contribution < 1.29 is 29.9 Å². The standard InChI is InChI=1S/C24H30ClNO6/c25-19-8-3-15(24-23(30)22(29)21(28)20(13-27)32-24)12-16(19)11-14-1-4-17(5-2-14)26-9-10-31-18-6-7-18/h1-5,8,12,18,20-24,26-30H,6-7,9-11,13H2/t20-,21-,22+,23-,24+/m1/s1. The highest BCUT2D eigenvalue weighted by molar-refractivity contribution is 6.31. The third-order valence-electron chi connectivity index (χ3n) is 5.95. The molecule has 5 N–H and O–H groups in total. The van der Waals surface area contributed by atoms with Gasteiger partial charge in [-0.05, 0) is 54.2 Å². The molecular formula is C24H30ClNO6. The van der Waals surface area contributed by atoms with Gasteiger partial charge in [-0.2, -0.15) is 0 Å². The fourth-order valence-electron chi connectivity index (χ4n) is 3.90. The van der Waals surface area contributed by atoms with Crippen LogP contribution >= 0.6 is 11.6 Å². The van der Waals surface area contributed by atoms with E-state index in [1.165, 1.54) is 12.8 Å². The van der Waals surface area contributed by atoms with Crippen molar-refractivity contribution in [1.82, 2.24) is 0 Å². The molecular weight excluding hydrogens is 434 g/mol. The first-order valence-corrected chi connectivity index (χ1v) is 11.4. The van der Waals surface area contributed by atoms with E-state index in [9.17, 15) is 20.4 Å². The summed E-state index contributed by atoms with van der Waals surface area (Å²) in [5, 5.41) is 43.9. The molecule has 1 aliphatic heterocycles. The molecule has 1 saturated heterocycles. The van der Waals surface area contributed by atoms with Crippen LogP contribution in [0.3, 0.4) is 0 Å². The smallest absolute Gasteiger partial charge is 0.113 e. The number of aliphatic hydroxyl groups is 4. The van der Waals surface area contributed by atoms with Crippen molar-refractivity contribution in [3.05, 3.63) is 64.2 Å². The zero-order chi connectivity index (χ0) is 22.7. The molecule has 2 aliphatic rings. The van der Waals surface area contributed by atoms with E-state index in [4.69, 9.17) is 21.1 Å². The van der Waals surface area contributed by atoms with Gasteiger partial charge in [0.2, 0.25) is 0 Å². The normalized spacial score (nSPS) is 28.0. The Kier molecular flexibility index (Phi) is 7.68. The summed E-state index contributed by atoms with van der Waals surface area (Å²) in [4.78, 5) is 0. The van der Waals surface area contributed by atoms with Crippen molar-refractivity contribution in [3.63, 3.8) is 0 Å². The Labute approximate surface area is 192 Å². The van der Waals surface area contributed by atoms with E-state index in [1.807, 2.05) is 30.3 Å². The predicted octanol–water partition coefficient (Wildman–Crippen LogP) is 2.04. The first kappa shape index (κ1) is 23.4. The Morgan fingerprint density at radius 1 is 1.00 bits per heavy atom. The highest BCUT2D eigenvalue weighted by Gasteiger charge is 2.44. The third-order valence-corrected chi connectivity index (χ3v) is 6.32. The molecule has 7 nitrogen and oxygen atoms in total.